The molecule has 1 fully saturated rings. The summed E-state index contributed by atoms with van der Waals surface area (Å²) in [5, 5.41) is 9.05. The molecule has 0 saturated heterocycles. The molecular weight excluding hydrogens is 464 g/mol. The Morgan fingerprint density at radius 2 is 1.89 bits per heavy atom. The van der Waals surface area contributed by atoms with E-state index in [9.17, 15) is 18.4 Å². The Bertz CT molecular complexity index is 1550. The van der Waals surface area contributed by atoms with Gasteiger partial charge in [0.05, 0.1) is 11.2 Å². The maximum absolute atomic E-state index is 14.8. The Hall–Kier alpha value is -4.27. The van der Waals surface area contributed by atoms with Crippen LogP contribution in [0, 0.1) is 18.6 Å². The van der Waals surface area contributed by atoms with E-state index in [0.29, 0.717) is 29.3 Å². The second kappa shape index (κ2) is 9.41. The average Bonchev–Trinajstić information content (AvgIpc) is 3.65. The van der Waals surface area contributed by atoms with E-state index in [1.165, 1.54) is 30.3 Å². The number of aryl methyl sites for hydroxylation is 2. The van der Waals surface area contributed by atoms with Crippen molar-refractivity contribution in [3.63, 3.8) is 0 Å². The number of halogens is 2. The van der Waals surface area contributed by atoms with Gasteiger partial charge in [-0.25, -0.2) is 18.6 Å². The number of nitrogens with zero attached hydrogens (tertiary/aromatic N) is 2. The Morgan fingerprint density at radius 1 is 1.08 bits per heavy atom. The van der Waals surface area contributed by atoms with E-state index in [2.05, 4.69) is 20.9 Å². The summed E-state index contributed by atoms with van der Waals surface area (Å²) in [5.74, 6) is -0.433. The largest absolute Gasteiger partial charge is 0.367 e. The minimum absolute atomic E-state index is 0.103. The molecule has 0 radical (unpaired) electrons. The molecule has 9 heteroatoms. The van der Waals surface area contributed by atoms with Crippen LogP contribution in [-0.2, 0) is 6.54 Å². The van der Waals surface area contributed by atoms with Crippen LogP contribution in [0.5, 0.6) is 0 Å². The first-order valence-corrected chi connectivity index (χ1v) is 11.8. The highest BCUT2D eigenvalue weighted by Gasteiger charge is 2.22. The van der Waals surface area contributed by atoms with E-state index in [1.54, 1.807) is 23.8 Å². The monoisotopic (exact) mass is 489 g/mol. The number of hydrogen-bond donors (Lipinski definition) is 3. The van der Waals surface area contributed by atoms with Gasteiger partial charge in [0.2, 0.25) is 0 Å². The molecule has 1 aliphatic carbocycles. The second-order valence-electron chi connectivity index (χ2n) is 8.89. The van der Waals surface area contributed by atoms with E-state index in [-0.39, 0.29) is 16.9 Å². The zero-order valence-corrected chi connectivity index (χ0v) is 19.9. The summed E-state index contributed by atoms with van der Waals surface area (Å²) < 4.78 is 29.8. The first-order valence-electron chi connectivity index (χ1n) is 11.8. The number of anilines is 3. The van der Waals surface area contributed by atoms with Crippen molar-refractivity contribution < 1.29 is 13.6 Å². The van der Waals surface area contributed by atoms with Crippen LogP contribution in [-0.4, -0.2) is 21.6 Å². The molecule has 184 valence electrons. The average molecular weight is 490 g/mol. The number of amides is 2. The Labute approximate surface area is 206 Å². The molecule has 1 aliphatic rings. The zero-order valence-electron chi connectivity index (χ0n) is 19.9. The molecule has 36 heavy (non-hydrogen) atoms. The molecule has 1 saturated carbocycles. The maximum atomic E-state index is 14.8. The van der Waals surface area contributed by atoms with Crippen LogP contribution < -0.4 is 21.5 Å². The van der Waals surface area contributed by atoms with Crippen molar-refractivity contribution in [2.75, 3.05) is 16.0 Å². The van der Waals surface area contributed by atoms with Crippen LogP contribution >= 0.6 is 0 Å². The highest BCUT2D eigenvalue weighted by Crippen LogP contribution is 2.30. The standard InChI is InChI=1S/C27H25F2N5O2/c1-3-34-24-13-25(31-18-7-8-18)30-14-16(24)10-21(26(34)35)20-12-23(22(29)9-15(20)2)33-27(36)32-19-6-4-5-17(28)11-19/h4-6,9-14,18H,3,7-8H2,1-2H3,(H,30,31)(H2,32,33,36). The number of urea groups is 1. The molecule has 2 aromatic carbocycles. The lowest BCUT2D eigenvalue weighted by Crippen LogP contribution is -2.22. The molecule has 0 bridgehead atoms. The summed E-state index contributed by atoms with van der Waals surface area (Å²) in [6, 6.07) is 11.4. The lowest BCUT2D eigenvalue weighted by molar-refractivity contribution is 0.262. The minimum Gasteiger partial charge on any atom is -0.367 e. The van der Waals surface area contributed by atoms with E-state index in [4.69, 9.17) is 0 Å². The predicted molar refractivity (Wildman–Crippen MR) is 137 cm³/mol. The number of nitrogens with one attached hydrogen (secondary N) is 3. The third-order valence-corrected chi connectivity index (χ3v) is 6.16. The van der Waals surface area contributed by atoms with Gasteiger partial charge in [-0.2, -0.15) is 0 Å². The summed E-state index contributed by atoms with van der Waals surface area (Å²) in [4.78, 5) is 30.4. The van der Waals surface area contributed by atoms with Gasteiger partial charge in [-0.15, -0.1) is 0 Å². The molecule has 2 heterocycles. The van der Waals surface area contributed by atoms with E-state index >= 15 is 0 Å². The SMILES string of the molecule is CCn1c(=O)c(-c2cc(NC(=O)Nc3cccc(F)c3)c(F)cc2C)cc2cnc(NC3CC3)cc21. The molecule has 5 rings (SSSR count). The molecular formula is C27H25F2N5O2. The summed E-state index contributed by atoms with van der Waals surface area (Å²) in [5.41, 5.74) is 2.07. The molecule has 7 nitrogen and oxygen atoms in total. The first-order chi connectivity index (χ1) is 17.3. The van der Waals surface area contributed by atoms with Crippen molar-refractivity contribution in [3.8, 4) is 11.1 Å². The summed E-state index contributed by atoms with van der Waals surface area (Å²) in [7, 11) is 0. The van der Waals surface area contributed by atoms with Gasteiger partial charge in [0.1, 0.15) is 17.5 Å². The zero-order chi connectivity index (χ0) is 25.4. The Kier molecular flexibility index (Phi) is 6.13. The van der Waals surface area contributed by atoms with Gasteiger partial charge in [-0.3, -0.25) is 4.79 Å². The van der Waals surface area contributed by atoms with Crippen LogP contribution in [0.2, 0.25) is 0 Å². The van der Waals surface area contributed by atoms with Crippen molar-refractivity contribution in [1.29, 1.82) is 0 Å². The van der Waals surface area contributed by atoms with E-state index in [1.807, 2.05) is 13.0 Å². The molecule has 0 aliphatic heterocycles. The van der Waals surface area contributed by atoms with E-state index in [0.717, 1.165) is 35.6 Å². The number of hydrogen-bond acceptors (Lipinski definition) is 4. The van der Waals surface area contributed by atoms with Crippen molar-refractivity contribution in [2.45, 2.75) is 39.3 Å². The van der Waals surface area contributed by atoms with Crippen molar-refractivity contribution in [3.05, 3.63) is 82.3 Å². The maximum Gasteiger partial charge on any atom is 0.323 e. The topological polar surface area (TPSA) is 88.1 Å². The highest BCUT2D eigenvalue weighted by atomic mass is 19.1. The Morgan fingerprint density at radius 3 is 2.61 bits per heavy atom. The molecule has 4 aromatic rings. The van der Waals surface area contributed by atoms with Gasteiger partial charge >= 0.3 is 6.03 Å². The van der Waals surface area contributed by atoms with Crippen LogP contribution in [0.4, 0.5) is 30.8 Å². The molecule has 0 atom stereocenters. The van der Waals surface area contributed by atoms with Gasteiger partial charge in [0, 0.05) is 41.5 Å². The number of pyridine rings is 2. The van der Waals surface area contributed by atoms with Crippen molar-refractivity contribution in [2.24, 2.45) is 0 Å². The summed E-state index contributed by atoms with van der Waals surface area (Å²) >= 11 is 0. The van der Waals surface area contributed by atoms with Crippen LogP contribution in [0.25, 0.3) is 22.0 Å². The number of benzene rings is 2. The van der Waals surface area contributed by atoms with Gasteiger partial charge in [0.15, 0.2) is 0 Å². The molecule has 0 unspecified atom stereocenters. The van der Waals surface area contributed by atoms with Crippen LogP contribution in [0.1, 0.15) is 25.3 Å². The summed E-state index contributed by atoms with van der Waals surface area (Å²) in [6.07, 6.45) is 3.94. The number of carbonyl (C=O) groups excluding carboxylic acids is 1. The van der Waals surface area contributed by atoms with Crippen LogP contribution in [0.3, 0.4) is 0 Å². The fraction of sp³-hybridized carbons (Fsp3) is 0.222. The first kappa shape index (κ1) is 23.5. The van der Waals surface area contributed by atoms with Crippen molar-refractivity contribution in [1.82, 2.24) is 9.55 Å². The van der Waals surface area contributed by atoms with Gasteiger partial charge in [0.25, 0.3) is 5.56 Å². The number of rotatable bonds is 6. The summed E-state index contributed by atoms with van der Waals surface area (Å²) in [6.45, 7) is 4.04. The molecule has 0 spiro atoms. The minimum atomic E-state index is -0.737. The second-order valence-corrected chi connectivity index (χ2v) is 8.89. The number of carbonyl (C=O) groups is 1. The number of aromatic nitrogens is 2. The fourth-order valence-corrected chi connectivity index (χ4v) is 4.20. The third-order valence-electron chi connectivity index (χ3n) is 6.16. The molecule has 2 amide bonds. The van der Waals surface area contributed by atoms with Crippen molar-refractivity contribution >= 4 is 34.1 Å². The third kappa shape index (κ3) is 4.77. The normalized spacial score (nSPS) is 13.0. The fourth-order valence-electron chi connectivity index (χ4n) is 4.20. The lowest BCUT2D eigenvalue weighted by Gasteiger charge is -2.16. The molecule has 3 N–H and O–H groups in total. The quantitative estimate of drug-likeness (QED) is 0.315. The van der Waals surface area contributed by atoms with Gasteiger partial charge in [-0.05, 0) is 74.2 Å². The number of fused-ring (bicyclic) bond motifs is 1. The predicted octanol–water partition coefficient (Wildman–Crippen LogP) is 5.89. The highest BCUT2D eigenvalue weighted by molar-refractivity contribution is 6.00. The Balaban J connectivity index is 1.51. The van der Waals surface area contributed by atoms with Gasteiger partial charge in [-0.1, -0.05) is 6.07 Å². The van der Waals surface area contributed by atoms with Crippen LogP contribution in [0.15, 0.2) is 59.5 Å². The van der Waals surface area contributed by atoms with E-state index < -0.39 is 17.7 Å². The lowest BCUT2D eigenvalue weighted by atomic mass is 9.99. The smallest absolute Gasteiger partial charge is 0.323 e. The molecule has 2 aromatic heterocycles. The van der Waals surface area contributed by atoms with Gasteiger partial charge < -0.3 is 20.5 Å².